The molecule has 1 atom stereocenters. The number of benzene rings is 1. The molecule has 0 fully saturated rings. The minimum absolute atomic E-state index is 0.275. The largest absolute Gasteiger partial charge is 0.449 e. The number of rotatable bonds is 4. The molecule has 1 aromatic rings. The Balaban J connectivity index is 2.54. The van der Waals surface area contributed by atoms with Crippen LogP contribution in [0, 0.1) is 0 Å². The van der Waals surface area contributed by atoms with Crippen LogP contribution in [0.2, 0.25) is 0 Å². The summed E-state index contributed by atoms with van der Waals surface area (Å²) < 4.78 is 4.95. The molecule has 7 heteroatoms. The summed E-state index contributed by atoms with van der Waals surface area (Å²) in [7, 11) is 0. The second kappa shape index (κ2) is 7.13. The van der Waals surface area contributed by atoms with E-state index in [1.165, 1.54) is 19.1 Å². The van der Waals surface area contributed by atoms with E-state index in [-0.39, 0.29) is 5.56 Å². The number of esters is 1. The van der Waals surface area contributed by atoms with E-state index in [9.17, 15) is 14.4 Å². The molecule has 1 aromatic carbocycles. The number of carbonyl (C=O) groups is 3. The third-order valence-electron chi connectivity index (χ3n) is 2.37. The van der Waals surface area contributed by atoms with Gasteiger partial charge in [-0.3, -0.25) is 10.1 Å². The highest BCUT2D eigenvalue weighted by Gasteiger charge is 2.20. The monoisotopic (exact) mass is 279 g/mol. The number of nitrogen functional groups attached to an aromatic ring is 1. The van der Waals surface area contributed by atoms with E-state index in [1.54, 1.807) is 19.1 Å². The number of hydrogen-bond donors (Lipinski definition) is 3. The van der Waals surface area contributed by atoms with Crippen LogP contribution in [0.4, 0.5) is 10.5 Å². The molecule has 0 heterocycles. The van der Waals surface area contributed by atoms with Gasteiger partial charge in [-0.25, -0.2) is 9.59 Å². The molecule has 0 spiro atoms. The van der Waals surface area contributed by atoms with E-state index in [2.05, 4.69) is 10.6 Å². The van der Waals surface area contributed by atoms with Gasteiger partial charge < -0.3 is 15.8 Å². The summed E-state index contributed by atoms with van der Waals surface area (Å²) in [5.74, 6) is -1.36. The molecule has 0 saturated heterocycles. The Kier molecular flexibility index (Phi) is 5.52. The zero-order chi connectivity index (χ0) is 15.1. The van der Waals surface area contributed by atoms with Crippen molar-refractivity contribution in [2.75, 3.05) is 12.3 Å². The number of ether oxygens (including phenoxy) is 1. The Morgan fingerprint density at radius 2 is 1.85 bits per heavy atom. The first-order valence-electron chi connectivity index (χ1n) is 6.09. The van der Waals surface area contributed by atoms with Crippen molar-refractivity contribution in [2.45, 2.75) is 20.0 Å². The number of nitrogens with two attached hydrogens (primary N) is 1. The van der Waals surface area contributed by atoms with Crippen molar-refractivity contribution in [1.82, 2.24) is 10.6 Å². The molecule has 0 bridgehead atoms. The Bertz CT molecular complexity index is 499. The first kappa shape index (κ1) is 15.5. The number of nitrogens with one attached hydrogen (secondary N) is 2. The molecule has 0 aliphatic carbocycles. The van der Waals surface area contributed by atoms with Crippen LogP contribution < -0.4 is 16.4 Å². The average molecular weight is 279 g/mol. The van der Waals surface area contributed by atoms with Crippen LogP contribution >= 0.6 is 0 Å². The molecule has 0 radical (unpaired) electrons. The number of hydrogen-bond acceptors (Lipinski definition) is 5. The predicted molar refractivity (Wildman–Crippen MR) is 72.9 cm³/mol. The van der Waals surface area contributed by atoms with Crippen molar-refractivity contribution in [2.24, 2.45) is 0 Å². The maximum absolute atomic E-state index is 11.7. The molecular formula is C13H17N3O4. The predicted octanol–water partition coefficient (Wildman–Crippen LogP) is 0.660. The van der Waals surface area contributed by atoms with Crippen molar-refractivity contribution in [1.29, 1.82) is 0 Å². The van der Waals surface area contributed by atoms with Crippen LogP contribution in [0.3, 0.4) is 0 Å². The molecule has 20 heavy (non-hydrogen) atoms. The third kappa shape index (κ3) is 4.60. The van der Waals surface area contributed by atoms with Gasteiger partial charge in [-0.05, 0) is 38.1 Å². The number of anilines is 1. The maximum Gasteiger partial charge on any atom is 0.338 e. The first-order valence-corrected chi connectivity index (χ1v) is 6.09. The van der Waals surface area contributed by atoms with Gasteiger partial charge in [0.15, 0.2) is 6.10 Å². The molecule has 3 amide bonds. The van der Waals surface area contributed by atoms with E-state index < -0.39 is 24.0 Å². The lowest BCUT2D eigenvalue weighted by Gasteiger charge is -2.13. The van der Waals surface area contributed by atoms with Crippen molar-refractivity contribution < 1.29 is 19.1 Å². The average Bonchev–Trinajstić information content (AvgIpc) is 2.39. The zero-order valence-electron chi connectivity index (χ0n) is 11.3. The van der Waals surface area contributed by atoms with Crippen LogP contribution in [-0.4, -0.2) is 30.6 Å². The van der Waals surface area contributed by atoms with Crippen LogP contribution in [0.25, 0.3) is 0 Å². The fraction of sp³-hybridized carbons (Fsp3) is 0.308. The molecule has 4 N–H and O–H groups in total. The van der Waals surface area contributed by atoms with Crippen LogP contribution in [-0.2, 0) is 9.53 Å². The Morgan fingerprint density at radius 3 is 2.40 bits per heavy atom. The summed E-state index contributed by atoms with van der Waals surface area (Å²) in [6.45, 7) is 3.48. The summed E-state index contributed by atoms with van der Waals surface area (Å²) >= 11 is 0. The smallest absolute Gasteiger partial charge is 0.338 e. The number of amides is 3. The summed E-state index contributed by atoms with van der Waals surface area (Å²) in [5, 5.41) is 4.46. The lowest BCUT2D eigenvalue weighted by molar-refractivity contribution is -0.127. The topological polar surface area (TPSA) is 111 Å². The van der Waals surface area contributed by atoms with Gasteiger partial charge in [0, 0.05) is 12.2 Å². The second-order valence-electron chi connectivity index (χ2n) is 4.02. The molecule has 0 aliphatic rings. The van der Waals surface area contributed by atoms with Gasteiger partial charge in [-0.2, -0.15) is 0 Å². The molecular weight excluding hydrogens is 262 g/mol. The van der Waals surface area contributed by atoms with Gasteiger partial charge in [-0.1, -0.05) is 0 Å². The van der Waals surface area contributed by atoms with E-state index >= 15 is 0 Å². The molecule has 1 unspecified atom stereocenters. The second-order valence-corrected chi connectivity index (χ2v) is 4.02. The number of carbonyl (C=O) groups excluding carboxylic acids is 3. The maximum atomic E-state index is 11.7. The molecule has 0 aliphatic heterocycles. The van der Waals surface area contributed by atoms with E-state index in [0.717, 1.165) is 0 Å². The van der Waals surface area contributed by atoms with Gasteiger partial charge in [0.25, 0.3) is 5.91 Å². The summed E-state index contributed by atoms with van der Waals surface area (Å²) in [6.07, 6.45) is -1.08. The SMILES string of the molecule is CCNC(=O)NC(=O)C(C)OC(=O)c1ccc(N)cc1. The van der Waals surface area contributed by atoms with Gasteiger partial charge in [0.05, 0.1) is 5.56 Å². The lowest BCUT2D eigenvalue weighted by Crippen LogP contribution is -2.44. The normalized spacial score (nSPS) is 11.3. The number of urea groups is 1. The minimum atomic E-state index is -1.08. The van der Waals surface area contributed by atoms with Gasteiger partial charge in [-0.15, -0.1) is 0 Å². The zero-order valence-corrected chi connectivity index (χ0v) is 11.3. The van der Waals surface area contributed by atoms with Gasteiger partial charge in [0.2, 0.25) is 0 Å². The highest BCUT2D eigenvalue weighted by atomic mass is 16.5. The van der Waals surface area contributed by atoms with Crippen molar-refractivity contribution in [3.63, 3.8) is 0 Å². The van der Waals surface area contributed by atoms with Crippen molar-refractivity contribution >= 4 is 23.6 Å². The Hall–Kier alpha value is -2.57. The van der Waals surface area contributed by atoms with E-state index in [1.807, 2.05) is 0 Å². The minimum Gasteiger partial charge on any atom is -0.449 e. The fourth-order valence-electron chi connectivity index (χ4n) is 1.32. The highest BCUT2D eigenvalue weighted by Crippen LogP contribution is 2.08. The molecule has 1 rings (SSSR count). The standard InChI is InChI=1S/C13H17N3O4/c1-3-15-13(19)16-11(17)8(2)20-12(18)9-4-6-10(14)7-5-9/h4-8H,3,14H2,1-2H3,(H2,15,16,17,19). The summed E-state index contributed by atoms with van der Waals surface area (Å²) in [6, 6.07) is 5.46. The Morgan fingerprint density at radius 1 is 1.25 bits per heavy atom. The van der Waals surface area contributed by atoms with Gasteiger partial charge >= 0.3 is 12.0 Å². The van der Waals surface area contributed by atoms with Crippen LogP contribution in [0.15, 0.2) is 24.3 Å². The van der Waals surface area contributed by atoms with Crippen molar-refractivity contribution in [3.05, 3.63) is 29.8 Å². The Labute approximate surface area is 116 Å². The molecule has 108 valence electrons. The fourth-order valence-corrected chi connectivity index (χ4v) is 1.32. The summed E-state index contributed by atoms with van der Waals surface area (Å²) in [4.78, 5) is 34.5. The van der Waals surface area contributed by atoms with Crippen molar-refractivity contribution in [3.8, 4) is 0 Å². The highest BCUT2D eigenvalue weighted by molar-refractivity contribution is 5.98. The molecule has 0 aromatic heterocycles. The van der Waals surface area contributed by atoms with E-state index in [0.29, 0.717) is 12.2 Å². The van der Waals surface area contributed by atoms with Crippen LogP contribution in [0.5, 0.6) is 0 Å². The van der Waals surface area contributed by atoms with Crippen LogP contribution in [0.1, 0.15) is 24.2 Å². The quantitative estimate of drug-likeness (QED) is 0.554. The van der Waals surface area contributed by atoms with Gasteiger partial charge in [0.1, 0.15) is 0 Å². The van der Waals surface area contributed by atoms with E-state index in [4.69, 9.17) is 10.5 Å². The summed E-state index contributed by atoms with van der Waals surface area (Å²) in [5.41, 5.74) is 6.29. The number of imide groups is 1. The molecule has 0 saturated carbocycles. The molecule has 7 nitrogen and oxygen atoms in total. The third-order valence-corrected chi connectivity index (χ3v) is 2.37. The first-order chi connectivity index (χ1) is 9.43. The lowest BCUT2D eigenvalue weighted by atomic mass is 10.2.